The highest BCUT2D eigenvalue weighted by Crippen LogP contribution is 2.23. The number of rotatable bonds is 6. The SMILES string of the molecule is C=CCNC(=O)N(CCO)Cc1ccc(Cl)c(Cl)c1. The van der Waals surface area contributed by atoms with E-state index in [9.17, 15) is 4.79 Å². The summed E-state index contributed by atoms with van der Waals surface area (Å²) in [6, 6.07) is 4.91. The minimum absolute atomic E-state index is 0.108. The van der Waals surface area contributed by atoms with Crippen LogP contribution in [0.2, 0.25) is 10.0 Å². The zero-order valence-electron chi connectivity index (χ0n) is 10.4. The number of hydrogen-bond donors (Lipinski definition) is 2. The molecule has 0 heterocycles. The highest BCUT2D eigenvalue weighted by molar-refractivity contribution is 6.42. The fraction of sp³-hybridized carbons (Fsp3) is 0.308. The van der Waals surface area contributed by atoms with Crippen LogP contribution in [0.5, 0.6) is 0 Å². The average Bonchev–Trinajstić information content (AvgIpc) is 2.39. The molecule has 0 bridgehead atoms. The molecule has 19 heavy (non-hydrogen) atoms. The molecule has 0 saturated carbocycles. The summed E-state index contributed by atoms with van der Waals surface area (Å²) in [6.45, 7) is 4.38. The quantitative estimate of drug-likeness (QED) is 0.794. The molecule has 6 heteroatoms. The molecule has 0 aliphatic heterocycles. The topological polar surface area (TPSA) is 52.6 Å². The number of nitrogens with zero attached hydrogens (tertiary/aromatic N) is 1. The smallest absolute Gasteiger partial charge is 0.318 e. The van der Waals surface area contributed by atoms with Crippen LogP contribution in [0.15, 0.2) is 30.9 Å². The monoisotopic (exact) mass is 302 g/mol. The van der Waals surface area contributed by atoms with Crippen molar-refractivity contribution in [3.05, 3.63) is 46.5 Å². The first-order valence-corrected chi connectivity index (χ1v) is 6.52. The number of carbonyl (C=O) groups excluding carboxylic acids is 1. The van der Waals surface area contributed by atoms with Crippen molar-refractivity contribution in [3.63, 3.8) is 0 Å². The Hall–Kier alpha value is -1.23. The van der Waals surface area contributed by atoms with Crippen molar-refractivity contribution < 1.29 is 9.90 Å². The summed E-state index contributed by atoms with van der Waals surface area (Å²) in [7, 11) is 0. The second-order valence-electron chi connectivity index (χ2n) is 3.87. The summed E-state index contributed by atoms with van der Waals surface area (Å²) < 4.78 is 0. The maximum Gasteiger partial charge on any atom is 0.318 e. The summed E-state index contributed by atoms with van der Waals surface area (Å²) in [4.78, 5) is 13.3. The largest absolute Gasteiger partial charge is 0.395 e. The van der Waals surface area contributed by atoms with Crippen molar-refractivity contribution in [1.82, 2.24) is 10.2 Å². The highest BCUT2D eigenvalue weighted by atomic mass is 35.5. The predicted molar refractivity (Wildman–Crippen MR) is 77.6 cm³/mol. The van der Waals surface area contributed by atoms with Crippen LogP contribution >= 0.6 is 23.2 Å². The van der Waals surface area contributed by atoms with Crippen LogP contribution in [-0.4, -0.2) is 35.7 Å². The minimum atomic E-state index is -0.264. The summed E-state index contributed by atoms with van der Waals surface area (Å²) in [5.41, 5.74) is 0.844. The van der Waals surface area contributed by atoms with Crippen LogP contribution in [-0.2, 0) is 6.54 Å². The fourth-order valence-electron chi connectivity index (χ4n) is 1.50. The molecule has 1 aromatic rings. The highest BCUT2D eigenvalue weighted by Gasteiger charge is 2.13. The van der Waals surface area contributed by atoms with E-state index in [1.54, 1.807) is 24.3 Å². The summed E-state index contributed by atoms with van der Waals surface area (Å²) >= 11 is 11.8. The van der Waals surface area contributed by atoms with Crippen LogP contribution < -0.4 is 5.32 Å². The van der Waals surface area contributed by atoms with Gasteiger partial charge in [-0.1, -0.05) is 35.3 Å². The van der Waals surface area contributed by atoms with Crippen LogP contribution in [0.1, 0.15) is 5.56 Å². The molecular formula is C13H16Cl2N2O2. The maximum absolute atomic E-state index is 11.8. The predicted octanol–water partition coefficient (Wildman–Crippen LogP) is 2.68. The molecule has 0 aromatic heterocycles. The van der Waals surface area contributed by atoms with Gasteiger partial charge in [0.1, 0.15) is 0 Å². The van der Waals surface area contributed by atoms with Gasteiger partial charge in [0.05, 0.1) is 16.7 Å². The van der Waals surface area contributed by atoms with Crippen molar-refractivity contribution in [2.45, 2.75) is 6.54 Å². The molecule has 1 rings (SSSR count). The Labute approximate surface area is 122 Å². The van der Waals surface area contributed by atoms with Gasteiger partial charge in [0.2, 0.25) is 0 Å². The Morgan fingerprint density at radius 1 is 1.42 bits per heavy atom. The minimum Gasteiger partial charge on any atom is -0.395 e. The lowest BCUT2D eigenvalue weighted by Gasteiger charge is -2.22. The number of aliphatic hydroxyl groups is 1. The van der Waals surface area contributed by atoms with Crippen LogP contribution in [0, 0.1) is 0 Å². The molecule has 1 aromatic carbocycles. The van der Waals surface area contributed by atoms with Gasteiger partial charge in [-0.3, -0.25) is 0 Å². The molecule has 0 spiro atoms. The van der Waals surface area contributed by atoms with Gasteiger partial charge in [-0.2, -0.15) is 0 Å². The number of urea groups is 1. The standard InChI is InChI=1S/C13H16Cl2N2O2/c1-2-5-16-13(19)17(6-7-18)9-10-3-4-11(14)12(15)8-10/h2-4,8,18H,1,5-7,9H2,(H,16,19). The Morgan fingerprint density at radius 2 is 2.16 bits per heavy atom. The molecule has 0 atom stereocenters. The summed E-state index contributed by atoms with van der Waals surface area (Å²) in [5.74, 6) is 0. The molecule has 4 nitrogen and oxygen atoms in total. The van der Waals surface area contributed by atoms with E-state index >= 15 is 0 Å². The Balaban J connectivity index is 2.73. The first-order chi connectivity index (χ1) is 9.08. The number of halogens is 2. The second-order valence-corrected chi connectivity index (χ2v) is 4.68. The molecule has 0 unspecified atom stereocenters. The first-order valence-electron chi connectivity index (χ1n) is 5.77. The lowest BCUT2D eigenvalue weighted by Crippen LogP contribution is -2.41. The third-order valence-corrected chi connectivity index (χ3v) is 3.15. The van der Waals surface area contributed by atoms with Gasteiger partial charge in [-0.05, 0) is 17.7 Å². The van der Waals surface area contributed by atoms with Crippen molar-refractivity contribution in [3.8, 4) is 0 Å². The second kappa shape index (κ2) is 8.04. The van der Waals surface area contributed by atoms with E-state index in [1.165, 1.54) is 4.90 Å². The van der Waals surface area contributed by atoms with Gasteiger partial charge < -0.3 is 15.3 Å². The molecule has 104 valence electrons. The van der Waals surface area contributed by atoms with E-state index < -0.39 is 0 Å². The van der Waals surface area contributed by atoms with Gasteiger partial charge in [0.25, 0.3) is 0 Å². The van der Waals surface area contributed by atoms with E-state index in [4.69, 9.17) is 28.3 Å². The Bertz CT molecular complexity index is 452. The first kappa shape index (κ1) is 15.8. The third kappa shape index (κ3) is 5.11. The van der Waals surface area contributed by atoms with E-state index in [0.29, 0.717) is 23.1 Å². The summed E-state index contributed by atoms with van der Waals surface area (Å²) in [5, 5.41) is 12.6. The Morgan fingerprint density at radius 3 is 2.74 bits per heavy atom. The van der Waals surface area contributed by atoms with Crippen LogP contribution in [0.3, 0.4) is 0 Å². The fourth-order valence-corrected chi connectivity index (χ4v) is 1.82. The van der Waals surface area contributed by atoms with Gasteiger partial charge in [-0.15, -0.1) is 6.58 Å². The molecule has 0 saturated heterocycles. The van der Waals surface area contributed by atoms with Crippen LogP contribution in [0.4, 0.5) is 4.79 Å². The third-order valence-electron chi connectivity index (χ3n) is 2.41. The molecule has 0 aliphatic rings. The van der Waals surface area contributed by atoms with E-state index in [1.807, 2.05) is 0 Å². The molecule has 0 radical (unpaired) electrons. The molecular weight excluding hydrogens is 287 g/mol. The zero-order chi connectivity index (χ0) is 14.3. The van der Waals surface area contributed by atoms with Gasteiger partial charge in [0, 0.05) is 19.6 Å². The number of amides is 2. The molecule has 0 fully saturated rings. The van der Waals surface area contributed by atoms with Gasteiger partial charge in [0.15, 0.2) is 0 Å². The van der Waals surface area contributed by atoms with Crippen LogP contribution in [0.25, 0.3) is 0 Å². The number of aliphatic hydroxyl groups excluding tert-OH is 1. The van der Waals surface area contributed by atoms with Crippen molar-refractivity contribution in [2.75, 3.05) is 19.7 Å². The lowest BCUT2D eigenvalue weighted by atomic mass is 10.2. The number of nitrogens with one attached hydrogen (secondary N) is 1. The van der Waals surface area contributed by atoms with E-state index in [2.05, 4.69) is 11.9 Å². The van der Waals surface area contributed by atoms with Crippen molar-refractivity contribution in [1.29, 1.82) is 0 Å². The zero-order valence-corrected chi connectivity index (χ0v) is 11.9. The van der Waals surface area contributed by atoms with Gasteiger partial charge in [-0.25, -0.2) is 4.79 Å². The normalized spacial score (nSPS) is 10.1. The van der Waals surface area contributed by atoms with E-state index in [-0.39, 0.29) is 19.2 Å². The number of carbonyl (C=O) groups is 1. The van der Waals surface area contributed by atoms with E-state index in [0.717, 1.165) is 5.56 Å². The maximum atomic E-state index is 11.8. The van der Waals surface area contributed by atoms with Gasteiger partial charge >= 0.3 is 6.03 Å². The Kier molecular flexibility index (Phi) is 6.70. The average molecular weight is 303 g/mol. The number of hydrogen-bond acceptors (Lipinski definition) is 2. The molecule has 2 amide bonds. The number of benzene rings is 1. The van der Waals surface area contributed by atoms with Crippen molar-refractivity contribution in [2.24, 2.45) is 0 Å². The van der Waals surface area contributed by atoms with Crippen molar-refractivity contribution >= 4 is 29.2 Å². The lowest BCUT2D eigenvalue weighted by molar-refractivity contribution is 0.175. The molecule has 2 N–H and O–H groups in total. The summed E-state index contributed by atoms with van der Waals surface area (Å²) in [6.07, 6.45) is 1.59. The molecule has 0 aliphatic carbocycles.